The molecule has 1 unspecified atom stereocenters. The van der Waals surface area contributed by atoms with Crippen molar-refractivity contribution < 1.29 is 9.53 Å². The van der Waals surface area contributed by atoms with Crippen LogP contribution in [0.4, 0.5) is 0 Å². The first-order valence-corrected chi connectivity index (χ1v) is 5.29. The molecular formula is C11H21NO2. The van der Waals surface area contributed by atoms with E-state index in [1.54, 1.807) is 0 Å². The lowest BCUT2D eigenvalue weighted by Crippen LogP contribution is -2.48. The van der Waals surface area contributed by atoms with E-state index in [4.69, 9.17) is 10.5 Å². The summed E-state index contributed by atoms with van der Waals surface area (Å²) in [5.41, 5.74) is 5.58. The summed E-state index contributed by atoms with van der Waals surface area (Å²) in [7, 11) is 0. The molecule has 0 spiro atoms. The molecule has 1 aliphatic carbocycles. The first-order valence-electron chi connectivity index (χ1n) is 5.29. The van der Waals surface area contributed by atoms with E-state index in [0.29, 0.717) is 6.54 Å². The maximum atomic E-state index is 11.0. The summed E-state index contributed by atoms with van der Waals surface area (Å²) < 4.78 is 5.40. The molecule has 1 atom stereocenters. The smallest absolute Gasteiger partial charge is 0.303 e. The third-order valence-electron chi connectivity index (χ3n) is 3.02. The van der Waals surface area contributed by atoms with Gasteiger partial charge in [-0.1, -0.05) is 13.8 Å². The zero-order valence-corrected chi connectivity index (χ0v) is 9.43. The number of hydrogen-bond donors (Lipinski definition) is 1. The zero-order chi connectivity index (χ0) is 10.8. The Bertz CT molecular complexity index is 225. The second kappa shape index (κ2) is 3.89. The molecule has 0 saturated heterocycles. The lowest BCUT2D eigenvalue weighted by atomic mass is 9.69. The van der Waals surface area contributed by atoms with Gasteiger partial charge in [0.1, 0.15) is 5.60 Å². The third-order valence-corrected chi connectivity index (χ3v) is 3.02. The highest BCUT2D eigenvalue weighted by atomic mass is 16.6. The maximum Gasteiger partial charge on any atom is 0.303 e. The van der Waals surface area contributed by atoms with Gasteiger partial charge in [-0.3, -0.25) is 4.79 Å². The van der Waals surface area contributed by atoms with Gasteiger partial charge in [0.15, 0.2) is 0 Å². The van der Waals surface area contributed by atoms with Crippen LogP contribution in [0.5, 0.6) is 0 Å². The van der Waals surface area contributed by atoms with Crippen molar-refractivity contribution >= 4 is 5.97 Å². The quantitative estimate of drug-likeness (QED) is 0.690. The molecule has 3 heteroatoms. The van der Waals surface area contributed by atoms with Crippen molar-refractivity contribution in [1.29, 1.82) is 0 Å². The fraction of sp³-hybridized carbons (Fsp3) is 0.909. The van der Waals surface area contributed by atoms with Gasteiger partial charge in [0.05, 0.1) is 0 Å². The summed E-state index contributed by atoms with van der Waals surface area (Å²) in [6, 6.07) is 0. The number of carbonyl (C=O) groups excluding carboxylic acids is 1. The van der Waals surface area contributed by atoms with E-state index in [1.807, 2.05) is 0 Å². The molecule has 0 bridgehead atoms. The van der Waals surface area contributed by atoms with Crippen LogP contribution in [0.15, 0.2) is 0 Å². The number of esters is 1. The fourth-order valence-corrected chi connectivity index (χ4v) is 2.55. The van der Waals surface area contributed by atoms with Crippen LogP contribution in [0.1, 0.15) is 46.5 Å². The number of rotatable bonds is 2. The van der Waals surface area contributed by atoms with E-state index in [0.717, 1.165) is 19.3 Å². The summed E-state index contributed by atoms with van der Waals surface area (Å²) >= 11 is 0. The molecule has 0 aromatic rings. The second-order valence-corrected chi connectivity index (χ2v) is 5.18. The molecule has 14 heavy (non-hydrogen) atoms. The average molecular weight is 199 g/mol. The Hall–Kier alpha value is -0.570. The standard InChI is InChI=1S/C11H21NO2/c1-9(13)14-11(8-12)6-4-5-10(2,3)7-11/h4-8,12H2,1-3H3. The molecule has 0 aliphatic heterocycles. The normalized spacial score (nSPS) is 31.1. The molecule has 0 aromatic carbocycles. The van der Waals surface area contributed by atoms with Crippen molar-refractivity contribution in [3.63, 3.8) is 0 Å². The zero-order valence-electron chi connectivity index (χ0n) is 9.43. The summed E-state index contributed by atoms with van der Waals surface area (Å²) in [6.45, 7) is 6.31. The maximum absolute atomic E-state index is 11.0. The Morgan fingerprint density at radius 2 is 2.07 bits per heavy atom. The van der Waals surface area contributed by atoms with Crippen molar-refractivity contribution in [2.24, 2.45) is 11.1 Å². The molecule has 1 fully saturated rings. The topological polar surface area (TPSA) is 52.3 Å². The van der Waals surface area contributed by atoms with E-state index in [2.05, 4.69) is 13.8 Å². The van der Waals surface area contributed by atoms with Gasteiger partial charge in [-0.2, -0.15) is 0 Å². The van der Waals surface area contributed by atoms with Crippen LogP contribution in [-0.4, -0.2) is 18.1 Å². The Labute approximate surface area is 86.0 Å². The summed E-state index contributed by atoms with van der Waals surface area (Å²) in [4.78, 5) is 11.0. The van der Waals surface area contributed by atoms with Gasteiger partial charge in [-0.05, 0) is 31.1 Å². The van der Waals surface area contributed by atoms with Gasteiger partial charge in [-0.25, -0.2) is 0 Å². The molecule has 1 aliphatic rings. The molecule has 82 valence electrons. The number of hydrogen-bond acceptors (Lipinski definition) is 3. The first kappa shape index (κ1) is 11.5. The van der Waals surface area contributed by atoms with Crippen LogP contribution in [-0.2, 0) is 9.53 Å². The molecule has 0 aromatic heterocycles. The molecule has 0 amide bonds. The van der Waals surface area contributed by atoms with Gasteiger partial charge >= 0.3 is 5.97 Å². The Kier molecular flexibility index (Phi) is 3.20. The minimum Gasteiger partial charge on any atom is -0.458 e. The largest absolute Gasteiger partial charge is 0.458 e. The third kappa shape index (κ3) is 2.71. The molecule has 1 saturated carbocycles. The van der Waals surface area contributed by atoms with E-state index in [-0.39, 0.29) is 11.4 Å². The van der Waals surface area contributed by atoms with Crippen LogP contribution in [0.2, 0.25) is 0 Å². The predicted octanol–water partition coefficient (Wildman–Crippen LogP) is 1.85. The van der Waals surface area contributed by atoms with Crippen LogP contribution < -0.4 is 5.73 Å². The van der Waals surface area contributed by atoms with Crippen LogP contribution in [0, 0.1) is 5.41 Å². The van der Waals surface area contributed by atoms with E-state index in [9.17, 15) is 4.79 Å². The molecule has 0 heterocycles. The van der Waals surface area contributed by atoms with Crippen molar-refractivity contribution in [2.75, 3.05) is 6.54 Å². The molecule has 0 radical (unpaired) electrons. The van der Waals surface area contributed by atoms with Crippen LogP contribution >= 0.6 is 0 Å². The molecule has 3 nitrogen and oxygen atoms in total. The van der Waals surface area contributed by atoms with Crippen molar-refractivity contribution in [3.8, 4) is 0 Å². The Morgan fingerprint density at radius 3 is 2.50 bits per heavy atom. The van der Waals surface area contributed by atoms with Gasteiger partial charge in [0.25, 0.3) is 0 Å². The molecular weight excluding hydrogens is 178 g/mol. The van der Waals surface area contributed by atoms with Crippen LogP contribution in [0.3, 0.4) is 0 Å². The minimum absolute atomic E-state index is 0.215. The summed E-state index contributed by atoms with van der Waals surface area (Å²) in [6.07, 6.45) is 4.08. The lowest BCUT2D eigenvalue weighted by molar-refractivity contribution is -0.163. The predicted molar refractivity (Wildman–Crippen MR) is 55.8 cm³/mol. The average Bonchev–Trinajstić information content (AvgIpc) is 2.01. The van der Waals surface area contributed by atoms with Gasteiger partial charge < -0.3 is 10.5 Å². The Balaban J connectivity index is 2.73. The first-order chi connectivity index (χ1) is 6.39. The van der Waals surface area contributed by atoms with Gasteiger partial charge in [0.2, 0.25) is 0 Å². The number of carbonyl (C=O) groups is 1. The van der Waals surface area contributed by atoms with E-state index < -0.39 is 5.60 Å². The second-order valence-electron chi connectivity index (χ2n) is 5.18. The molecule has 1 rings (SSSR count). The number of ether oxygens (including phenoxy) is 1. The number of nitrogens with two attached hydrogens (primary N) is 1. The van der Waals surface area contributed by atoms with E-state index in [1.165, 1.54) is 13.3 Å². The van der Waals surface area contributed by atoms with Crippen molar-refractivity contribution in [3.05, 3.63) is 0 Å². The monoisotopic (exact) mass is 199 g/mol. The summed E-state index contributed by atoms with van der Waals surface area (Å²) in [5.74, 6) is -0.215. The van der Waals surface area contributed by atoms with Gasteiger partial charge in [-0.15, -0.1) is 0 Å². The highest BCUT2D eigenvalue weighted by Gasteiger charge is 2.41. The Morgan fingerprint density at radius 1 is 1.43 bits per heavy atom. The van der Waals surface area contributed by atoms with Gasteiger partial charge in [0, 0.05) is 13.5 Å². The lowest BCUT2D eigenvalue weighted by Gasteiger charge is -2.43. The minimum atomic E-state index is -0.395. The fourth-order valence-electron chi connectivity index (χ4n) is 2.55. The SMILES string of the molecule is CC(=O)OC1(CN)CCCC(C)(C)C1. The molecule has 2 N–H and O–H groups in total. The van der Waals surface area contributed by atoms with Crippen molar-refractivity contribution in [2.45, 2.75) is 52.1 Å². The highest BCUT2D eigenvalue weighted by Crippen LogP contribution is 2.42. The van der Waals surface area contributed by atoms with Crippen LogP contribution in [0.25, 0.3) is 0 Å². The highest BCUT2D eigenvalue weighted by molar-refractivity contribution is 5.66. The van der Waals surface area contributed by atoms with E-state index >= 15 is 0 Å². The summed E-state index contributed by atoms with van der Waals surface area (Å²) in [5, 5.41) is 0. The van der Waals surface area contributed by atoms with Crippen molar-refractivity contribution in [1.82, 2.24) is 0 Å².